The van der Waals surface area contributed by atoms with Crippen molar-refractivity contribution in [3.05, 3.63) is 29.8 Å². The molecule has 1 aliphatic rings. The molecule has 1 aromatic heterocycles. The van der Waals surface area contributed by atoms with Gasteiger partial charge in [0, 0.05) is 11.1 Å². The Morgan fingerprint density at radius 3 is 2.33 bits per heavy atom. The molecule has 21 heavy (non-hydrogen) atoms. The zero-order valence-electron chi connectivity index (χ0n) is 12.6. The van der Waals surface area contributed by atoms with Gasteiger partial charge in [0.15, 0.2) is 0 Å². The lowest BCUT2D eigenvalue weighted by molar-refractivity contribution is 0.00578. The minimum Gasteiger partial charge on any atom is -0.478 e. The van der Waals surface area contributed by atoms with Gasteiger partial charge >= 0.3 is 13.1 Å². The molecule has 0 radical (unpaired) electrons. The van der Waals surface area contributed by atoms with E-state index in [4.69, 9.17) is 14.4 Å². The molecule has 0 unspecified atom stereocenters. The van der Waals surface area contributed by atoms with Crippen LogP contribution in [0.25, 0.3) is 10.9 Å². The number of carbonyl (C=O) groups is 1. The van der Waals surface area contributed by atoms with Crippen LogP contribution in [0.2, 0.25) is 0 Å². The molecule has 0 amide bonds. The summed E-state index contributed by atoms with van der Waals surface area (Å²) in [6, 6.07) is 6.86. The number of aromatic amines is 1. The molecule has 1 fully saturated rings. The van der Waals surface area contributed by atoms with Crippen LogP contribution in [0.4, 0.5) is 0 Å². The number of H-pyrrole nitrogens is 1. The Bertz CT molecular complexity index is 704. The van der Waals surface area contributed by atoms with Gasteiger partial charge in [-0.2, -0.15) is 0 Å². The maximum Gasteiger partial charge on any atom is 0.512 e. The van der Waals surface area contributed by atoms with Gasteiger partial charge in [-0.1, -0.05) is 0 Å². The van der Waals surface area contributed by atoms with Crippen molar-refractivity contribution >= 4 is 29.6 Å². The van der Waals surface area contributed by atoms with E-state index in [-0.39, 0.29) is 5.56 Å². The monoisotopic (exact) mass is 287 g/mol. The molecule has 0 spiro atoms. The molecule has 0 aliphatic carbocycles. The van der Waals surface area contributed by atoms with Crippen LogP contribution >= 0.6 is 0 Å². The average molecular weight is 287 g/mol. The maximum atomic E-state index is 11.0. The summed E-state index contributed by atoms with van der Waals surface area (Å²) in [6.07, 6.45) is 0. The predicted octanol–water partition coefficient (Wildman–Crippen LogP) is 2.17. The van der Waals surface area contributed by atoms with Gasteiger partial charge in [-0.3, -0.25) is 0 Å². The fraction of sp³-hybridized carbons (Fsp3) is 0.400. The molecule has 2 N–H and O–H groups in total. The van der Waals surface area contributed by atoms with Crippen LogP contribution in [0.5, 0.6) is 0 Å². The van der Waals surface area contributed by atoms with Gasteiger partial charge in [0.25, 0.3) is 0 Å². The fourth-order valence-corrected chi connectivity index (χ4v) is 2.39. The van der Waals surface area contributed by atoms with Crippen LogP contribution in [-0.4, -0.2) is 34.4 Å². The molecular weight excluding hydrogens is 269 g/mol. The number of hydrogen-bond acceptors (Lipinski definition) is 3. The number of aromatic carboxylic acids is 1. The Morgan fingerprint density at radius 1 is 1.14 bits per heavy atom. The number of carboxylic acid groups (broad SMARTS) is 1. The van der Waals surface area contributed by atoms with Crippen molar-refractivity contribution in [2.45, 2.75) is 38.9 Å². The largest absolute Gasteiger partial charge is 0.512 e. The van der Waals surface area contributed by atoms with Gasteiger partial charge < -0.3 is 19.4 Å². The number of carboxylic acids is 1. The zero-order chi connectivity index (χ0) is 15.4. The molecule has 3 rings (SSSR count). The number of rotatable bonds is 2. The molecule has 0 bridgehead atoms. The number of fused-ring (bicyclic) bond motifs is 1. The number of benzene rings is 1. The minimum atomic E-state index is -0.935. The summed E-state index contributed by atoms with van der Waals surface area (Å²) in [4.78, 5) is 14.3. The van der Waals surface area contributed by atoms with Crippen molar-refractivity contribution in [2.24, 2.45) is 0 Å². The predicted molar refractivity (Wildman–Crippen MR) is 81.0 cm³/mol. The average Bonchev–Trinajstić information content (AvgIpc) is 2.87. The highest BCUT2D eigenvalue weighted by Gasteiger charge is 2.52. The van der Waals surface area contributed by atoms with E-state index < -0.39 is 24.3 Å². The first-order chi connectivity index (χ1) is 9.69. The maximum absolute atomic E-state index is 11.0. The summed E-state index contributed by atoms with van der Waals surface area (Å²) in [5.74, 6) is -0.935. The Morgan fingerprint density at radius 2 is 1.76 bits per heavy atom. The van der Waals surface area contributed by atoms with Crippen molar-refractivity contribution in [1.29, 1.82) is 0 Å². The smallest absolute Gasteiger partial charge is 0.478 e. The van der Waals surface area contributed by atoms with Crippen molar-refractivity contribution in [3.8, 4) is 0 Å². The van der Waals surface area contributed by atoms with Gasteiger partial charge in [-0.15, -0.1) is 0 Å². The number of nitrogens with one attached hydrogen (secondary N) is 1. The summed E-state index contributed by atoms with van der Waals surface area (Å²) < 4.78 is 12.0. The van der Waals surface area contributed by atoms with Crippen molar-refractivity contribution in [3.63, 3.8) is 0 Å². The molecule has 2 heterocycles. The van der Waals surface area contributed by atoms with E-state index in [9.17, 15) is 4.79 Å². The highest BCUT2D eigenvalue weighted by atomic mass is 16.7. The second-order valence-electron chi connectivity index (χ2n) is 6.42. The molecule has 2 aromatic rings. The second kappa shape index (κ2) is 4.35. The molecule has 1 aromatic carbocycles. The lowest BCUT2D eigenvalue weighted by Crippen LogP contribution is -2.41. The fourth-order valence-electron chi connectivity index (χ4n) is 2.39. The number of aromatic nitrogens is 1. The molecule has 110 valence electrons. The first kappa shape index (κ1) is 14.2. The lowest BCUT2D eigenvalue weighted by Gasteiger charge is -2.32. The third kappa shape index (κ3) is 2.24. The highest BCUT2D eigenvalue weighted by molar-refractivity contribution is 6.61. The molecule has 1 saturated heterocycles. The first-order valence-electron chi connectivity index (χ1n) is 6.91. The van der Waals surface area contributed by atoms with Gasteiger partial charge in [0.1, 0.15) is 0 Å². The third-order valence-corrected chi connectivity index (χ3v) is 4.40. The molecule has 1 aliphatic heterocycles. The van der Waals surface area contributed by atoms with E-state index in [1.165, 1.54) is 0 Å². The summed E-state index contributed by atoms with van der Waals surface area (Å²) in [6.45, 7) is 7.99. The van der Waals surface area contributed by atoms with Gasteiger partial charge in [-0.05, 0) is 57.3 Å². The second-order valence-corrected chi connectivity index (χ2v) is 6.42. The van der Waals surface area contributed by atoms with Gasteiger partial charge in [0.05, 0.1) is 16.8 Å². The van der Waals surface area contributed by atoms with Crippen LogP contribution in [0.15, 0.2) is 24.3 Å². The van der Waals surface area contributed by atoms with E-state index in [1.54, 1.807) is 18.2 Å². The van der Waals surface area contributed by atoms with Gasteiger partial charge in [-0.25, -0.2) is 4.79 Å². The summed E-state index contributed by atoms with van der Waals surface area (Å²) in [5, 5.41) is 9.87. The molecule has 5 nitrogen and oxygen atoms in total. The molecule has 0 saturated carbocycles. The minimum absolute atomic E-state index is 0.266. The molecule has 6 heteroatoms. The van der Waals surface area contributed by atoms with E-state index in [0.29, 0.717) is 0 Å². The van der Waals surface area contributed by atoms with Crippen molar-refractivity contribution in [2.75, 3.05) is 0 Å². The van der Waals surface area contributed by atoms with Crippen LogP contribution in [0, 0.1) is 0 Å². The summed E-state index contributed by atoms with van der Waals surface area (Å²) in [5.41, 5.74) is 1.13. The Hall–Kier alpha value is -1.79. The lowest BCUT2D eigenvalue weighted by atomic mass is 9.85. The topological polar surface area (TPSA) is 71.5 Å². The van der Waals surface area contributed by atoms with E-state index in [2.05, 4.69) is 4.98 Å². The first-order valence-corrected chi connectivity index (χ1v) is 6.91. The molecular formula is C15H18BNO4. The zero-order valence-corrected chi connectivity index (χ0v) is 12.6. The van der Waals surface area contributed by atoms with Crippen LogP contribution < -0.4 is 5.59 Å². The normalized spacial score (nSPS) is 20.1. The third-order valence-electron chi connectivity index (χ3n) is 4.40. The van der Waals surface area contributed by atoms with Crippen molar-refractivity contribution < 1.29 is 19.2 Å². The Labute approximate surface area is 123 Å². The Kier molecular flexibility index (Phi) is 2.94. The van der Waals surface area contributed by atoms with E-state index in [0.717, 1.165) is 16.5 Å². The van der Waals surface area contributed by atoms with Crippen molar-refractivity contribution in [1.82, 2.24) is 4.98 Å². The van der Waals surface area contributed by atoms with Crippen LogP contribution in [0.3, 0.4) is 0 Å². The SMILES string of the molecule is CC1(C)OB(c2cc3cc(C(=O)O)ccc3[nH]2)OC1(C)C. The standard InChI is InChI=1S/C15H18BNO4/c1-14(2)15(3,4)21-16(20-14)12-8-10-7-9(13(18)19)5-6-11(10)17-12/h5-8,17H,1-4H3,(H,18,19). The number of hydrogen-bond donors (Lipinski definition) is 2. The van der Waals surface area contributed by atoms with Crippen LogP contribution in [-0.2, 0) is 9.31 Å². The van der Waals surface area contributed by atoms with Crippen LogP contribution in [0.1, 0.15) is 38.1 Å². The van der Waals surface area contributed by atoms with E-state index >= 15 is 0 Å². The summed E-state index contributed by atoms with van der Waals surface area (Å²) in [7, 11) is -0.476. The highest BCUT2D eigenvalue weighted by Crippen LogP contribution is 2.36. The quantitative estimate of drug-likeness (QED) is 0.830. The summed E-state index contributed by atoms with van der Waals surface area (Å²) >= 11 is 0. The molecule has 0 atom stereocenters. The van der Waals surface area contributed by atoms with E-state index in [1.807, 2.05) is 33.8 Å². The Balaban J connectivity index is 1.97. The van der Waals surface area contributed by atoms with Gasteiger partial charge in [0.2, 0.25) is 0 Å².